The number of para-hydroxylation sites is 11. The number of nitrogens with one attached hydrogen (secondary N) is 5. The van der Waals surface area contributed by atoms with Crippen molar-refractivity contribution in [2.75, 3.05) is 32.3 Å². The Morgan fingerprint density at radius 2 is 0.524 bits per heavy atom. The van der Waals surface area contributed by atoms with Gasteiger partial charge >= 0.3 is 0 Å². The molecule has 0 aliphatic carbocycles. The molecule has 0 radical (unpaired) electrons. The van der Waals surface area contributed by atoms with Gasteiger partial charge < -0.3 is 32.3 Å². The van der Waals surface area contributed by atoms with Gasteiger partial charge in [0, 0.05) is 5.69 Å². The predicted molar refractivity (Wildman–Crippen MR) is 179 cm³/mol. The Morgan fingerprint density at radius 3 is 0.881 bits per heavy atom. The zero-order valence-corrected chi connectivity index (χ0v) is 23.0. The topological polar surface area (TPSA) is 86.2 Å². The smallest absolute Gasteiger partial charge is 0.0624 e. The highest BCUT2D eigenvalue weighted by molar-refractivity contribution is 5.89. The average Bonchev–Trinajstić information content (AvgIpc) is 3.02. The summed E-state index contributed by atoms with van der Waals surface area (Å²) in [5.41, 5.74) is 16.4. The Kier molecular flexibility index (Phi) is 7.86. The van der Waals surface area contributed by atoms with Crippen molar-refractivity contribution < 1.29 is 0 Å². The number of rotatable bonds is 10. The third-order valence-electron chi connectivity index (χ3n) is 6.80. The van der Waals surface area contributed by atoms with E-state index in [-0.39, 0.29) is 0 Å². The maximum atomic E-state index is 6.20. The van der Waals surface area contributed by atoms with Crippen LogP contribution in [0.3, 0.4) is 0 Å². The molecular formula is C36H32N6. The number of benzene rings is 6. The lowest BCUT2D eigenvalue weighted by Gasteiger charge is -2.20. The van der Waals surface area contributed by atoms with Crippen molar-refractivity contribution in [3.8, 4) is 0 Å². The van der Waals surface area contributed by atoms with Crippen molar-refractivity contribution in [2.24, 2.45) is 0 Å². The van der Waals surface area contributed by atoms with Crippen LogP contribution in [0, 0.1) is 0 Å². The summed E-state index contributed by atoms with van der Waals surface area (Å²) >= 11 is 0. The SMILES string of the molecule is Nc1ccccc1Nc1ccccc1Nc1ccccc1Nc1ccccc1Nc1ccccc1Nc1ccccc1. The molecule has 7 N–H and O–H groups in total. The number of nitrogen functional groups attached to an aromatic ring is 1. The lowest BCUT2D eigenvalue weighted by molar-refractivity contribution is 1.46. The molecule has 6 rings (SSSR count). The third kappa shape index (κ3) is 6.29. The van der Waals surface area contributed by atoms with E-state index in [0.29, 0.717) is 5.69 Å². The summed E-state index contributed by atoms with van der Waals surface area (Å²) in [6.45, 7) is 0. The van der Waals surface area contributed by atoms with Gasteiger partial charge in [-0.15, -0.1) is 0 Å². The molecule has 0 spiro atoms. The van der Waals surface area contributed by atoms with Crippen LogP contribution in [-0.2, 0) is 0 Å². The second kappa shape index (κ2) is 12.5. The minimum atomic E-state index is 0.694. The van der Waals surface area contributed by atoms with Crippen LogP contribution in [0.15, 0.2) is 152 Å². The lowest BCUT2D eigenvalue weighted by Crippen LogP contribution is -2.03. The van der Waals surface area contributed by atoms with E-state index in [1.807, 2.05) is 103 Å². The number of hydrogen-bond acceptors (Lipinski definition) is 6. The molecule has 42 heavy (non-hydrogen) atoms. The minimum Gasteiger partial charge on any atom is -0.397 e. The summed E-state index contributed by atoms with van der Waals surface area (Å²) in [5, 5.41) is 17.9. The van der Waals surface area contributed by atoms with Gasteiger partial charge in [0.25, 0.3) is 0 Å². The van der Waals surface area contributed by atoms with Gasteiger partial charge in [0.05, 0.1) is 56.9 Å². The second-order valence-electron chi connectivity index (χ2n) is 9.76. The van der Waals surface area contributed by atoms with Gasteiger partial charge in [-0.05, 0) is 72.8 Å². The molecule has 6 aromatic rings. The van der Waals surface area contributed by atoms with Gasteiger partial charge in [0.2, 0.25) is 0 Å². The summed E-state index contributed by atoms with van der Waals surface area (Å²) in [6.07, 6.45) is 0. The van der Waals surface area contributed by atoms with Crippen molar-refractivity contribution in [2.45, 2.75) is 0 Å². The summed E-state index contributed by atoms with van der Waals surface area (Å²) in [6, 6.07) is 50.6. The Balaban J connectivity index is 1.25. The first-order chi connectivity index (χ1) is 20.7. The van der Waals surface area contributed by atoms with Crippen LogP contribution in [0.4, 0.5) is 62.6 Å². The third-order valence-corrected chi connectivity index (χ3v) is 6.80. The zero-order chi connectivity index (χ0) is 28.6. The predicted octanol–water partition coefficient (Wildman–Crippen LogP) is 9.99. The van der Waals surface area contributed by atoms with E-state index in [9.17, 15) is 0 Å². The van der Waals surface area contributed by atoms with Gasteiger partial charge in [-0.25, -0.2) is 0 Å². The van der Waals surface area contributed by atoms with E-state index in [0.717, 1.165) is 56.9 Å². The van der Waals surface area contributed by atoms with Crippen LogP contribution >= 0.6 is 0 Å². The molecule has 0 aliphatic rings. The van der Waals surface area contributed by atoms with Gasteiger partial charge in [-0.2, -0.15) is 0 Å². The van der Waals surface area contributed by atoms with Crippen molar-refractivity contribution in [3.05, 3.63) is 152 Å². The van der Waals surface area contributed by atoms with E-state index in [2.05, 4.69) is 75.1 Å². The van der Waals surface area contributed by atoms with Crippen LogP contribution < -0.4 is 32.3 Å². The Bertz CT molecular complexity index is 1780. The van der Waals surface area contributed by atoms with Gasteiger partial charge in [-0.3, -0.25) is 0 Å². The molecule has 206 valence electrons. The van der Waals surface area contributed by atoms with Gasteiger partial charge in [-0.1, -0.05) is 78.9 Å². The van der Waals surface area contributed by atoms with Crippen molar-refractivity contribution in [1.29, 1.82) is 0 Å². The van der Waals surface area contributed by atoms with Crippen molar-refractivity contribution in [1.82, 2.24) is 0 Å². The maximum absolute atomic E-state index is 6.20. The zero-order valence-electron chi connectivity index (χ0n) is 23.0. The molecule has 0 bridgehead atoms. The molecule has 0 fully saturated rings. The first-order valence-electron chi connectivity index (χ1n) is 13.8. The molecule has 6 nitrogen and oxygen atoms in total. The molecule has 6 aromatic carbocycles. The Hall–Kier alpha value is -5.88. The molecule has 0 atom stereocenters. The van der Waals surface area contributed by atoms with Gasteiger partial charge in [0.15, 0.2) is 0 Å². The maximum Gasteiger partial charge on any atom is 0.0624 e. The monoisotopic (exact) mass is 548 g/mol. The minimum absolute atomic E-state index is 0.694. The first-order valence-corrected chi connectivity index (χ1v) is 13.8. The largest absolute Gasteiger partial charge is 0.397 e. The van der Waals surface area contributed by atoms with Crippen LogP contribution in [-0.4, -0.2) is 0 Å². The Morgan fingerprint density at radius 1 is 0.262 bits per heavy atom. The summed E-state index contributed by atoms with van der Waals surface area (Å²) < 4.78 is 0. The highest BCUT2D eigenvalue weighted by atomic mass is 15.0. The molecule has 0 saturated heterocycles. The van der Waals surface area contributed by atoms with Crippen LogP contribution in [0.1, 0.15) is 0 Å². The molecule has 6 heteroatoms. The van der Waals surface area contributed by atoms with E-state index in [1.54, 1.807) is 0 Å². The molecule has 0 saturated carbocycles. The van der Waals surface area contributed by atoms with E-state index in [4.69, 9.17) is 5.73 Å². The van der Waals surface area contributed by atoms with Crippen LogP contribution in [0.5, 0.6) is 0 Å². The molecule has 0 aliphatic heterocycles. The fourth-order valence-corrected chi connectivity index (χ4v) is 4.67. The quantitative estimate of drug-likeness (QED) is 0.0956. The second-order valence-corrected chi connectivity index (χ2v) is 9.76. The normalized spacial score (nSPS) is 10.5. The fraction of sp³-hybridized carbons (Fsp3) is 0. The van der Waals surface area contributed by atoms with E-state index < -0.39 is 0 Å². The Labute approximate surface area is 246 Å². The molecule has 0 unspecified atom stereocenters. The van der Waals surface area contributed by atoms with Gasteiger partial charge in [0.1, 0.15) is 0 Å². The first kappa shape index (κ1) is 26.3. The standard InChI is InChI=1S/C36H32N6/c37-27-16-4-5-17-28(27)39-31-20-8-9-21-32(31)41-35-24-12-13-25-36(35)42-34-23-11-10-22-33(34)40-30-19-7-6-18-29(30)38-26-14-2-1-3-15-26/h1-25,38-42H,37H2. The lowest BCUT2D eigenvalue weighted by atomic mass is 10.2. The average molecular weight is 549 g/mol. The fourth-order valence-electron chi connectivity index (χ4n) is 4.67. The number of anilines is 11. The van der Waals surface area contributed by atoms with E-state index >= 15 is 0 Å². The number of nitrogens with two attached hydrogens (primary N) is 1. The van der Waals surface area contributed by atoms with Crippen molar-refractivity contribution >= 4 is 62.6 Å². The van der Waals surface area contributed by atoms with Crippen molar-refractivity contribution in [3.63, 3.8) is 0 Å². The summed E-state index contributed by atoms with van der Waals surface area (Å²) in [4.78, 5) is 0. The van der Waals surface area contributed by atoms with Crippen LogP contribution in [0.25, 0.3) is 0 Å². The molecule has 0 amide bonds. The summed E-state index contributed by atoms with van der Waals surface area (Å²) in [7, 11) is 0. The highest BCUT2D eigenvalue weighted by Crippen LogP contribution is 2.37. The van der Waals surface area contributed by atoms with Crippen LogP contribution in [0.2, 0.25) is 0 Å². The molecule has 0 heterocycles. The summed E-state index contributed by atoms with van der Waals surface area (Å²) in [5.74, 6) is 0. The van der Waals surface area contributed by atoms with E-state index in [1.165, 1.54) is 0 Å². The highest BCUT2D eigenvalue weighted by Gasteiger charge is 2.11. The molecular weight excluding hydrogens is 516 g/mol. The molecule has 0 aromatic heterocycles. The number of hydrogen-bond donors (Lipinski definition) is 6.